The maximum absolute atomic E-state index is 12.7. The van der Waals surface area contributed by atoms with Gasteiger partial charge in [0.2, 0.25) is 0 Å². The Hall–Kier alpha value is -3.43. The molecular weight excluding hydrogens is 368 g/mol. The molecule has 0 aliphatic carbocycles. The highest BCUT2D eigenvalue weighted by molar-refractivity contribution is 6.22. The van der Waals surface area contributed by atoms with Gasteiger partial charge in [-0.25, -0.2) is 0 Å². The number of ether oxygens (including phenoxy) is 1. The highest BCUT2D eigenvalue weighted by Crippen LogP contribution is 2.26. The van der Waals surface area contributed by atoms with E-state index in [1.807, 2.05) is 30.3 Å². The molecule has 2 aromatic rings. The van der Waals surface area contributed by atoms with Crippen LogP contribution in [0.3, 0.4) is 0 Å². The summed E-state index contributed by atoms with van der Waals surface area (Å²) in [5.41, 5.74) is 1.78. The molecule has 0 bridgehead atoms. The van der Waals surface area contributed by atoms with Gasteiger partial charge in [-0.05, 0) is 43.2 Å². The standard InChI is InChI=1S/C23H20N2O4/c26-21(24-12-4-8-16-6-2-1-3-7-16)17-10-11-19-20(14-17)23(28)25(22(19)27)15-18-9-5-13-29-18/h1-3,6-7,10-11,14,18H,5,9,12-13,15H2,(H,24,26). The van der Waals surface area contributed by atoms with E-state index >= 15 is 0 Å². The van der Waals surface area contributed by atoms with Crippen LogP contribution in [0.15, 0.2) is 48.5 Å². The van der Waals surface area contributed by atoms with Crippen molar-refractivity contribution in [3.63, 3.8) is 0 Å². The van der Waals surface area contributed by atoms with Crippen molar-refractivity contribution in [2.75, 3.05) is 19.7 Å². The normalized spacial score (nSPS) is 17.7. The lowest BCUT2D eigenvalue weighted by molar-refractivity contribution is 0.0475. The molecule has 4 rings (SSSR count). The third kappa shape index (κ3) is 4.05. The van der Waals surface area contributed by atoms with Crippen LogP contribution >= 0.6 is 0 Å². The summed E-state index contributed by atoms with van der Waals surface area (Å²) >= 11 is 0. The number of nitrogens with zero attached hydrogens (tertiary/aromatic N) is 1. The lowest BCUT2D eigenvalue weighted by atomic mass is 10.1. The zero-order valence-electron chi connectivity index (χ0n) is 15.8. The van der Waals surface area contributed by atoms with Gasteiger partial charge in [0.05, 0.1) is 30.3 Å². The molecule has 0 saturated carbocycles. The first-order valence-electron chi connectivity index (χ1n) is 9.57. The Bertz CT molecular complexity index is 1010. The van der Waals surface area contributed by atoms with E-state index in [-0.39, 0.29) is 42.5 Å². The number of amides is 3. The SMILES string of the molecule is O=C(NCC#Cc1ccccc1)c1ccc2c(c1)C(=O)N(CC1CCCO1)C2=O. The van der Waals surface area contributed by atoms with Gasteiger partial charge in [-0.15, -0.1) is 0 Å². The maximum atomic E-state index is 12.7. The molecule has 2 aliphatic heterocycles. The summed E-state index contributed by atoms with van der Waals surface area (Å²) in [4.78, 5) is 38.8. The number of benzene rings is 2. The van der Waals surface area contributed by atoms with Crippen molar-refractivity contribution in [2.45, 2.75) is 18.9 Å². The van der Waals surface area contributed by atoms with Gasteiger partial charge in [0.15, 0.2) is 0 Å². The van der Waals surface area contributed by atoms with Crippen molar-refractivity contribution in [2.24, 2.45) is 0 Å². The smallest absolute Gasteiger partial charge is 0.261 e. The van der Waals surface area contributed by atoms with Gasteiger partial charge in [0, 0.05) is 17.7 Å². The number of hydrogen-bond donors (Lipinski definition) is 1. The van der Waals surface area contributed by atoms with Crippen molar-refractivity contribution < 1.29 is 19.1 Å². The maximum Gasteiger partial charge on any atom is 0.261 e. The van der Waals surface area contributed by atoms with Crippen LogP contribution in [0.25, 0.3) is 0 Å². The van der Waals surface area contributed by atoms with E-state index in [1.165, 1.54) is 17.0 Å². The second-order valence-corrected chi connectivity index (χ2v) is 6.97. The van der Waals surface area contributed by atoms with Crippen LogP contribution in [-0.4, -0.2) is 48.4 Å². The van der Waals surface area contributed by atoms with Crippen LogP contribution in [0.1, 0.15) is 49.5 Å². The van der Waals surface area contributed by atoms with E-state index in [2.05, 4.69) is 17.2 Å². The number of rotatable bonds is 4. The fourth-order valence-electron chi connectivity index (χ4n) is 3.48. The lowest BCUT2D eigenvalue weighted by Gasteiger charge is -2.17. The highest BCUT2D eigenvalue weighted by atomic mass is 16.5. The largest absolute Gasteiger partial charge is 0.376 e. The first-order chi connectivity index (χ1) is 14.1. The number of carbonyl (C=O) groups excluding carboxylic acids is 3. The molecule has 6 nitrogen and oxygen atoms in total. The van der Waals surface area contributed by atoms with Gasteiger partial charge in [0.25, 0.3) is 17.7 Å². The highest BCUT2D eigenvalue weighted by Gasteiger charge is 2.37. The Morgan fingerprint density at radius 2 is 1.90 bits per heavy atom. The molecule has 3 amide bonds. The van der Waals surface area contributed by atoms with Gasteiger partial charge in [-0.2, -0.15) is 0 Å². The van der Waals surface area contributed by atoms with Crippen molar-refractivity contribution in [3.8, 4) is 11.8 Å². The molecule has 1 N–H and O–H groups in total. The molecule has 146 valence electrons. The second-order valence-electron chi connectivity index (χ2n) is 6.97. The molecule has 0 radical (unpaired) electrons. The predicted octanol–water partition coefficient (Wildman–Crippen LogP) is 2.24. The summed E-state index contributed by atoms with van der Waals surface area (Å²) in [6, 6.07) is 14.1. The van der Waals surface area contributed by atoms with Gasteiger partial charge in [-0.3, -0.25) is 19.3 Å². The Labute approximate surface area is 168 Å². The van der Waals surface area contributed by atoms with Crippen LogP contribution in [-0.2, 0) is 4.74 Å². The summed E-state index contributed by atoms with van der Waals surface area (Å²) in [5.74, 6) is 4.81. The first-order valence-corrected chi connectivity index (χ1v) is 9.57. The third-order valence-electron chi connectivity index (χ3n) is 4.99. The molecule has 6 heteroatoms. The molecule has 0 aromatic heterocycles. The lowest BCUT2D eigenvalue weighted by Crippen LogP contribution is -2.36. The van der Waals surface area contributed by atoms with Crippen LogP contribution in [0.2, 0.25) is 0 Å². The monoisotopic (exact) mass is 388 g/mol. The Morgan fingerprint density at radius 3 is 2.66 bits per heavy atom. The van der Waals surface area contributed by atoms with Crippen LogP contribution in [0.5, 0.6) is 0 Å². The second kappa shape index (κ2) is 8.29. The summed E-state index contributed by atoms with van der Waals surface area (Å²) in [6.45, 7) is 1.09. The summed E-state index contributed by atoms with van der Waals surface area (Å²) in [6.07, 6.45) is 1.67. The molecule has 1 saturated heterocycles. The third-order valence-corrected chi connectivity index (χ3v) is 4.99. The van der Waals surface area contributed by atoms with Gasteiger partial charge in [-0.1, -0.05) is 30.0 Å². The Balaban J connectivity index is 1.41. The molecule has 29 heavy (non-hydrogen) atoms. The minimum atomic E-state index is -0.376. The minimum absolute atomic E-state index is 0.108. The Morgan fingerprint density at radius 1 is 1.10 bits per heavy atom. The topological polar surface area (TPSA) is 75.7 Å². The molecule has 1 atom stereocenters. The number of imide groups is 1. The molecule has 1 fully saturated rings. The van der Waals surface area contributed by atoms with E-state index in [9.17, 15) is 14.4 Å². The molecule has 1 unspecified atom stereocenters. The summed E-state index contributed by atoms with van der Waals surface area (Å²) in [7, 11) is 0. The molecular formula is C23H20N2O4. The molecule has 2 heterocycles. The first kappa shape index (κ1) is 18.9. The van der Waals surface area contributed by atoms with Crippen LogP contribution in [0, 0.1) is 11.8 Å². The van der Waals surface area contributed by atoms with E-state index in [0.717, 1.165) is 18.4 Å². The number of fused-ring (bicyclic) bond motifs is 1. The zero-order chi connectivity index (χ0) is 20.2. The summed E-state index contributed by atoms with van der Waals surface area (Å²) in [5, 5.41) is 2.71. The van der Waals surface area contributed by atoms with Crippen LogP contribution in [0.4, 0.5) is 0 Å². The molecule has 2 aliphatic rings. The number of carbonyl (C=O) groups is 3. The minimum Gasteiger partial charge on any atom is -0.376 e. The fourth-order valence-corrected chi connectivity index (χ4v) is 3.48. The fraction of sp³-hybridized carbons (Fsp3) is 0.261. The van der Waals surface area contributed by atoms with E-state index in [4.69, 9.17) is 4.74 Å². The van der Waals surface area contributed by atoms with E-state index < -0.39 is 0 Å². The quantitative estimate of drug-likeness (QED) is 0.644. The zero-order valence-corrected chi connectivity index (χ0v) is 15.8. The number of hydrogen-bond acceptors (Lipinski definition) is 4. The van der Waals surface area contributed by atoms with Gasteiger partial charge < -0.3 is 10.1 Å². The van der Waals surface area contributed by atoms with Gasteiger partial charge in [0.1, 0.15) is 0 Å². The van der Waals surface area contributed by atoms with Crippen molar-refractivity contribution in [3.05, 3.63) is 70.8 Å². The Kier molecular flexibility index (Phi) is 5.41. The van der Waals surface area contributed by atoms with E-state index in [0.29, 0.717) is 17.7 Å². The predicted molar refractivity (Wildman–Crippen MR) is 106 cm³/mol. The average Bonchev–Trinajstić information content (AvgIpc) is 3.35. The molecule has 2 aromatic carbocycles. The van der Waals surface area contributed by atoms with Crippen molar-refractivity contribution in [1.29, 1.82) is 0 Å². The van der Waals surface area contributed by atoms with E-state index in [1.54, 1.807) is 6.07 Å². The summed E-state index contributed by atoms with van der Waals surface area (Å²) < 4.78 is 5.54. The average molecular weight is 388 g/mol. The van der Waals surface area contributed by atoms with Crippen molar-refractivity contribution >= 4 is 17.7 Å². The van der Waals surface area contributed by atoms with Gasteiger partial charge >= 0.3 is 0 Å². The number of nitrogens with one attached hydrogen (secondary N) is 1. The molecule has 0 spiro atoms. The van der Waals surface area contributed by atoms with Crippen molar-refractivity contribution in [1.82, 2.24) is 10.2 Å². The van der Waals surface area contributed by atoms with Crippen LogP contribution < -0.4 is 5.32 Å².